The van der Waals surface area contributed by atoms with Crippen molar-refractivity contribution in [3.63, 3.8) is 0 Å². The molecule has 0 radical (unpaired) electrons. The Morgan fingerprint density at radius 1 is 1.12 bits per heavy atom. The van der Waals surface area contributed by atoms with E-state index in [1.54, 1.807) is 35.3 Å². The second-order valence-corrected chi connectivity index (χ2v) is 8.18. The Balaban J connectivity index is 1.51. The first kappa shape index (κ1) is 16.5. The van der Waals surface area contributed by atoms with Crippen LogP contribution in [-0.2, 0) is 17.1 Å². The lowest BCUT2D eigenvalue weighted by atomic mass is 10.1. The second kappa shape index (κ2) is 6.41. The summed E-state index contributed by atoms with van der Waals surface area (Å²) >= 11 is 0. The number of nitrogens with zero attached hydrogens (tertiary/aromatic N) is 4. The molecule has 0 unspecified atom stereocenters. The molecule has 0 bridgehead atoms. The maximum Gasteiger partial charge on any atom is 0.235 e. The van der Waals surface area contributed by atoms with Gasteiger partial charge in [0.05, 0.1) is 22.8 Å². The molecule has 2 aromatic heterocycles. The molecule has 9 heteroatoms. The van der Waals surface area contributed by atoms with Gasteiger partial charge in [0.25, 0.3) is 0 Å². The summed E-state index contributed by atoms with van der Waals surface area (Å²) < 4.78 is 28.3. The molecule has 2 heterocycles. The van der Waals surface area contributed by atoms with Crippen LogP contribution in [0.25, 0.3) is 11.3 Å². The Morgan fingerprint density at radius 3 is 2.54 bits per heavy atom. The maximum absolute atomic E-state index is 12.0. The average molecular weight is 370 g/mol. The minimum atomic E-state index is -3.25. The normalized spacial score (nSPS) is 14.2. The van der Waals surface area contributed by atoms with Crippen LogP contribution in [-0.4, -0.2) is 33.4 Å². The van der Waals surface area contributed by atoms with Gasteiger partial charge in [-0.3, -0.25) is 9.40 Å². The van der Waals surface area contributed by atoms with Gasteiger partial charge in [0.1, 0.15) is 0 Å². The van der Waals surface area contributed by atoms with Crippen LogP contribution in [0.3, 0.4) is 0 Å². The van der Waals surface area contributed by atoms with E-state index in [1.165, 1.54) is 0 Å². The Hall–Kier alpha value is -2.94. The molecule has 1 aliphatic rings. The number of benzene rings is 1. The van der Waals surface area contributed by atoms with Crippen molar-refractivity contribution in [2.24, 2.45) is 7.05 Å². The molecule has 1 aliphatic carbocycles. The second-order valence-electron chi connectivity index (χ2n) is 6.22. The standard InChI is InChI=1S/C17H18N6O2S/c1-23-11-14(10-19-23)20-17-18-9-8-16(21-17)12-2-4-13(5-3-12)22-26(24,25)15-6-7-15/h2-5,8-11,15,22H,6-7H2,1H3,(H,18,20,21). The van der Waals surface area contributed by atoms with Gasteiger partial charge in [-0.05, 0) is 31.0 Å². The molecule has 0 aliphatic heterocycles. The Bertz CT molecular complexity index is 1030. The van der Waals surface area contributed by atoms with Crippen molar-refractivity contribution in [1.82, 2.24) is 19.7 Å². The van der Waals surface area contributed by atoms with E-state index in [1.807, 2.05) is 25.4 Å². The molecule has 0 amide bonds. The molecule has 0 spiro atoms. The van der Waals surface area contributed by atoms with Gasteiger partial charge in [0, 0.05) is 30.7 Å². The van der Waals surface area contributed by atoms with Gasteiger partial charge in [-0.1, -0.05) is 12.1 Å². The third kappa shape index (κ3) is 3.67. The van der Waals surface area contributed by atoms with Gasteiger partial charge in [0.2, 0.25) is 16.0 Å². The highest BCUT2D eigenvalue weighted by atomic mass is 32.2. The van der Waals surface area contributed by atoms with Crippen LogP contribution in [0.4, 0.5) is 17.3 Å². The highest BCUT2D eigenvalue weighted by Crippen LogP contribution is 2.30. The third-order valence-electron chi connectivity index (χ3n) is 4.02. The van der Waals surface area contributed by atoms with Crippen LogP contribution in [0.15, 0.2) is 48.9 Å². The van der Waals surface area contributed by atoms with E-state index in [2.05, 4.69) is 25.1 Å². The third-order valence-corrected chi connectivity index (χ3v) is 5.89. The number of hydrogen-bond donors (Lipinski definition) is 2. The van der Waals surface area contributed by atoms with Gasteiger partial charge in [0.15, 0.2) is 0 Å². The SMILES string of the molecule is Cn1cc(Nc2nccc(-c3ccc(NS(=O)(=O)C4CC4)cc3)n2)cn1. The fraction of sp³-hybridized carbons (Fsp3) is 0.235. The van der Waals surface area contributed by atoms with E-state index in [9.17, 15) is 8.42 Å². The van der Waals surface area contributed by atoms with Gasteiger partial charge in [-0.25, -0.2) is 18.4 Å². The Labute approximate surface area is 151 Å². The molecule has 1 aromatic carbocycles. The first-order valence-electron chi connectivity index (χ1n) is 8.20. The zero-order valence-corrected chi connectivity index (χ0v) is 14.9. The maximum atomic E-state index is 12.0. The van der Waals surface area contributed by atoms with Crippen LogP contribution in [0.1, 0.15) is 12.8 Å². The smallest absolute Gasteiger partial charge is 0.235 e. The molecule has 134 valence electrons. The fourth-order valence-electron chi connectivity index (χ4n) is 2.53. The van der Waals surface area contributed by atoms with Crippen molar-refractivity contribution in [2.45, 2.75) is 18.1 Å². The molecular weight excluding hydrogens is 352 g/mol. The molecule has 4 rings (SSSR count). The predicted molar refractivity (Wildman–Crippen MR) is 99.5 cm³/mol. The van der Waals surface area contributed by atoms with Gasteiger partial charge < -0.3 is 5.32 Å². The molecule has 1 saturated carbocycles. The highest BCUT2D eigenvalue weighted by Gasteiger charge is 2.35. The predicted octanol–water partition coefficient (Wildman–Crippen LogP) is 2.52. The fourth-order valence-corrected chi connectivity index (χ4v) is 3.92. The lowest BCUT2D eigenvalue weighted by molar-refractivity contribution is 0.600. The summed E-state index contributed by atoms with van der Waals surface area (Å²) in [5.41, 5.74) is 2.97. The summed E-state index contributed by atoms with van der Waals surface area (Å²) in [6.07, 6.45) is 6.67. The zero-order valence-electron chi connectivity index (χ0n) is 14.1. The summed E-state index contributed by atoms with van der Waals surface area (Å²) in [6, 6.07) is 8.96. The molecular formula is C17H18N6O2S. The van der Waals surface area contributed by atoms with Crippen LogP contribution < -0.4 is 10.0 Å². The topological polar surface area (TPSA) is 102 Å². The number of aromatic nitrogens is 4. The number of nitrogens with one attached hydrogen (secondary N) is 2. The highest BCUT2D eigenvalue weighted by molar-refractivity contribution is 7.93. The molecule has 0 saturated heterocycles. The summed E-state index contributed by atoms with van der Waals surface area (Å²) in [7, 11) is -1.42. The van der Waals surface area contributed by atoms with Crippen molar-refractivity contribution in [1.29, 1.82) is 0 Å². The summed E-state index contributed by atoms with van der Waals surface area (Å²) in [5, 5.41) is 6.95. The Kier molecular flexibility index (Phi) is 4.08. The van der Waals surface area contributed by atoms with Crippen LogP contribution in [0.5, 0.6) is 0 Å². The summed E-state index contributed by atoms with van der Waals surface area (Å²) in [4.78, 5) is 8.70. The first-order chi connectivity index (χ1) is 12.5. The summed E-state index contributed by atoms with van der Waals surface area (Å²) in [5.74, 6) is 0.467. The largest absolute Gasteiger partial charge is 0.321 e. The van der Waals surface area contributed by atoms with Crippen LogP contribution in [0.2, 0.25) is 0 Å². The Morgan fingerprint density at radius 2 is 1.88 bits per heavy atom. The van der Waals surface area contributed by atoms with E-state index in [4.69, 9.17) is 0 Å². The molecule has 26 heavy (non-hydrogen) atoms. The first-order valence-corrected chi connectivity index (χ1v) is 9.75. The molecule has 3 aromatic rings. The molecule has 1 fully saturated rings. The number of aryl methyl sites for hydroxylation is 1. The molecule has 0 atom stereocenters. The van der Waals surface area contributed by atoms with Crippen LogP contribution >= 0.6 is 0 Å². The number of rotatable bonds is 6. The molecule has 8 nitrogen and oxygen atoms in total. The minimum absolute atomic E-state index is 0.245. The van der Waals surface area contributed by atoms with Crippen molar-refractivity contribution >= 4 is 27.3 Å². The van der Waals surface area contributed by atoms with Crippen LogP contribution in [0, 0.1) is 0 Å². The number of hydrogen-bond acceptors (Lipinski definition) is 6. The van der Waals surface area contributed by atoms with E-state index < -0.39 is 10.0 Å². The van der Waals surface area contributed by atoms with Gasteiger partial charge >= 0.3 is 0 Å². The van der Waals surface area contributed by atoms with Crippen molar-refractivity contribution in [2.75, 3.05) is 10.0 Å². The van der Waals surface area contributed by atoms with E-state index in [0.29, 0.717) is 11.6 Å². The monoisotopic (exact) mass is 370 g/mol. The zero-order chi connectivity index (χ0) is 18.1. The van der Waals surface area contributed by atoms with E-state index >= 15 is 0 Å². The molecule has 2 N–H and O–H groups in total. The van der Waals surface area contributed by atoms with Crippen molar-refractivity contribution in [3.05, 3.63) is 48.9 Å². The number of sulfonamides is 1. The quantitative estimate of drug-likeness (QED) is 0.691. The van der Waals surface area contributed by atoms with E-state index in [0.717, 1.165) is 29.8 Å². The minimum Gasteiger partial charge on any atom is -0.321 e. The number of anilines is 3. The van der Waals surface area contributed by atoms with Gasteiger partial charge in [-0.2, -0.15) is 5.10 Å². The lowest BCUT2D eigenvalue weighted by Gasteiger charge is -2.08. The lowest BCUT2D eigenvalue weighted by Crippen LogP contribution is -2.17. The average Bonchev–Trinajstić information content (AvgIpc) is 3.40. The van der Waals surface area contributed by atoms with Crippen molar-refractivity contribution in [3.8, 4) is 11.3 Å². The summed E-state index contributed by atoms with van der Waals surface area (Å²) in [6.45, 7) is 0. The van der Waals surface area contributed by atoms with E-state index in [-0.39, 0.29) is 5.25 Å². The van der Waals surface area contributed by atoms with Crippen molar-refractivity contribution < 1.29 is 8.42 Å². The van der Waals surface area contributed by atoms with Gasteiger partial charge in [-0.15, -0.1) is 0 Å².